The van der Waals surface area contributed by atoms with E-state index in [9.17, 15) is 0 Å². The fourth-order valence-corrected chi connectivity index (χ4v) is 2.34. The summed E-state index contributed by atoms with van der Waals surface area (Å²) in [5.41, 5.74) is 1.31. The van der Waals surface area contributed by atoms with Crippen LogP contribution in [0.25, 0.3) is 0 Å². The normalized spacial score (nSPS) is 22.5. The van der Waals surface area contributed by atoms with Gasteiger partial charge in [-0.3, -0.25) is 4.68 Å². The SMILES string of the molecule is CNC(Cc1cnn(C)c1)CC1CCOC1. The second-order valence-electron chi connectivity index (χ2n) is 4.68. The van der Waals surface area contributed by atoms with Crippen molar-refractivity contribution in [2.45, 2.75) is 25.3 Å². The Kier molecular flexibility index (Phi) is 3.96. The molecule has 2 rings (SSSR count). The molecular formula is C12H21N3O. The van der Waals surface area contributed by atoms with Crippen LogP contribution in [0.5, 0.6) is 0 Å². The second kappa shape index (κ2) is 5.46. The molecule has 1 aromatic heterocycles. The summed E-state index contributed by atoms with van der Waals surface area (Å²) in [5.74, 6) is 0.731. The van der Waals surface area contributed by atoms with Gasteiger partial charge in [-0.15, -0.1) is 0 Å². The highest BCUT2D eigenvalue weighted by Gasteiger charge is 2.20. The number of nitrogens with zero attached hydrogens (tertiary/aromatic N) is 2. The van der Waals surface area contributed by atoms with Crippen molar-refractivity contribution in [3.63, 3.8) is 0 Å². The van der Waals surface area contributed by atoms with Gasteiger partial charge < -0.3 is 10.1 Å². The van der Waals surface area contributed by atoms with Gasteiger partial charge in [0, 0.05) is 32.5 Å². The van der Waals surface area contributed by atoms with E-state index in [-0.39, 0.29) is 0 Å². The Morgan fingerprint density at radius 3 is 3.12 bits per heavy atom. The molecule has 0 amide bonds. The quantitative estimate of drug-likeness (QED) is 0.808. The number of likely N-dealkylation sites (N-methyl/N-ethyl adjacent to an activating group) is 1. The van der Waals surface area contributed by atoms with E-state index in [4.69, 9.17) is 4.74 Å². The lowest BCUT2D eigenvalue weighted by molar-refractivity contribution is 0.181. The molecule has 1 fully saturated rings. The van der Waals surface area contributed by atoms with Crippen molar-refractivity contribution >= 4 is 0 Å². The molecule has 0 radical (unpaired) electrons. The first kappa shape index (κ1) is 11.6. The molecule has 1 aliphatic rings. The molecule has 4 heteroatoms. The van der Waals surface area contributed by atoms with Crippen LogP contribution in [0.2, 0.25) is 0 Å². The maximum atomic E-state index is 5.41. The van der Waals surface area contributed by atoms with Crippen molar-refractivity contribution in [1.82, 2.24) is 15.1 Å². The topological polar surface area (TPSA) is 39.1 Å². The van der Waals surface area contributed by atoms with Crippen LogP contribution >= 0.6 is 0 Å². The fraction of sp³-hybridized carbons (Fsp3) is 0.750. The zero-order chi connectivity index (χ0) is 11.4. The molecule has 2 unspecified atom stereocenters. The minimum Gasteiger partial charge on any atom is -0.381 e. The van der Waals surface area contributed by atoms with Crippen LogP contribution in [0.1, 0.15) is 18.4 Å². The standard InChI is InChI=1S/C12H21N3O/c1-13-12(5-10-3-4-16-9-10)6-11-7-14-15(2)8-11/h7-8,10,12-13H,3-6,9H2,1-2H3. The molecule has 2 atom stereocenters. The Labute approximate surface area is 97.0 Å². The van der Waals surface area contributed by atoms with Gasteiger partial charge in [0.15, 0.2) is 0 Å². The first-order valence-electron chi connectivity index (χ1n) is 6.00. The van der Waals surface area contributed by atoms with Gasteiger partial charge in [-0.2, -0.15) is 5.10 Å². The third-order valence-corrected chi connectivity index (χ3v) is 3.29. The predicted molar refractivity (Wildman–Crippen MR) is 63.3 cm³/mol. The van der Waals surface area contributed by atoms with E-state index in [1.165, 1.54) is 18.4 Å². The highest BCUT2D eigenvalue weighted by molar-refractivity contribution is 5.06. The molecule has 0 spiro atoms. The van der Waals surface area contributed by atoms with Crippen LogP contribution in [-0.2, 0) is 18.2 Å². The molecule has 2 heterocycles. The van der Waals surface area contributed by atoms with Gasteiger partial charge in [-0.05, 0) is 37.8 Å². The Morgan fingerprint density at radius 1 is 1.69 bits per heavy atom. The van der Waals surface area contributed by atoms with E-state index in [2.05, 4.69) is 16.6 Å². The molecule has 1 saturated heterocycles. The maximum absolute atomic E-state index is 5.41. The maximum Gasteiger partial charge on any atom is 0.0522 e. The molecule has 0 aliphatic carbocycles. The smallest absolute Gasteiger partial charge is 0.0522 e. The summed E-state index contributed by atoms with van der Waals surface area (Å²) in [5, 5.41) is 7.59. The predicted octanol–water partition coefficient (Wildman–Crippen LogP) is 0.977. The second-order valence-corrected chi connectivity index (χ2v) is 4.68. The van der Waals surface area contributed by atoms with E-state index >= 15 is 0 Å². The van der Waals surface area contributed by atoms with E-state index in [1.54, 1.807) is 0 Å². The zero-order valence-electron chi connectivity index (χ0n) is 10.1. The summed E-state index contributed by atoms with van der Waals surface area (Å²) in [6.45, 7) is 1.87. The molecule has 0 aromatic carbocycles. The summed E-state index contributed by atoms with van der Waals surface area (Å²) < 4.78 is 7.27. The van der Waals surface area contributed by atoms with E-state index in [1.807, 2.05) is 25.0 Å². The van der Waals surface area contributed by atoms with Crippen molar-refractivity contribution in [3.05, 3.63) is 18.0 Å². The minimum absolute atomic E-state index is 0.538. The molecule has 0 bridgehead atoms. The summed E-state index contributed by atoms with van der Waals surface area (Å²) in [6.07, 6.45) is 7.52. The van der Waals surface area contributed by atoms with Gasteiger partial charge in [0.1, 0.15) is 0 Å². The van der Waals surface area contributed by atoms with Gasteiger partial charge in [0.2, 0.25) is 0 Å². The first-order valence-corrected chi connectivity index (χ1v) is 6.00. The van der Waals surface area contributed by atoms with Gasteiger partial charge in [-0.25, -0.2) is 0 Å². The van der Waals surface area contributed by atoms with Crippen LogP contribution in [0.3, 0.4) is 0 Å². The molecule has 0 saturated carbocycles. The molecule has 90 valence electrons. The number of hydrogen-bond acceptors (Lipinski definition) is 3. The van der Waals surface area contributed by atoms with Crippen LogP contribution in [0.4, 0.5) is 0 Å². The van der Waals surface area contributed by atoms with Crippen molar-refractivity contribution in [2.24, 2.45) is 13.0 Å². The average Bonchev–Trinajstić information content (AvgIpc) is 2.89. The van der Waals surface area contributed by atoms with Crippen LogP contribution < -0.4 is 5.32 Å². The summed E-state index contributed by atoms with van der Waals surface area (Å²) >= 11 is 0. The van der Waals surface area contributed by atoms with Crippen LogP contribution in [0.15, 0.2) is 12.4 Å². The van der Waals surface area contributed by atoms with Gasteiger partial charge in [-0.1, -0.05) is 0 Å². The van der Waals surface area contributed by atoms with Crippen molar-refractivity contribution in [2.75, 3.05) is 20.3 Å². The highest BCUT2D eigenvalue weighted by atomic mass is 16.5. The van der Waals surface area contributed by atoms with Crippen LogP contribution in [0, 0.1) is 5.92 Å². The summed E-state index contributed by atoms with van der Waals surface area (Å²) in [4.78, 5) is 0. The molecule has 4 nitrogen and oxygen atoms in total. The lowest BCUT2D eigenvalue weighted by Gasteiger charge is -2.18. The highest BCUT2D eigenvalue weighted by Crippen LogP contribution is 2.19. The monoisotopic (exact) mass is 223 g/mol. The minimum atomic E-state index is 0.538. The lowest BCUT2D eigenvalue weighted by atomic mass is 9.95. The largest absolute Gasteiger partial charge is 0.381 e. The molecular weight excluding hydrogens is 202 g/mol. The average molecular weight is 223 g/mol. The van der Waals surface area contributed by atoms with Crippen LogP contribution in [-0.4, -0.2) is 36.1 Å². The summed E-state index contributed by atoms with van der Waals surface area (Å²) in [7, 11) is 4.00. The summed E-state index contributed by atoms with van der Waals surface area (Å²) in [6, 6.07) is 0.538. The number of nitrogens with one attached hydrogen (secondary N) is 1. The van der Waals surface area contributed by atoms with Gasteiger partial charge >= 0.3 is 0 Å². The van der Waals surface area contributed by atoms with E-state index in [0.29, 0.717) is 6.04 Å². The van der Waals surface area contributed by atoms with Gasteiger partial charge in [0.05, 0.1) is 6.20 Å². The molecule has 16 heavy (non-hydrogen) atoms. The first-order chi connectivity index (χ1) is 7.78. The van der Waals surface area contributed by atoms with Crippen molar-refractivity contribution in [3.8, 4) is 0 Å². The molecule has 1 N–H and O–H groups in total. The third kappa shape index (κ3) is 3.06. The zero-order valence-corrected chi connectivity index (χ0v) is 10.1. The Bertz CT molecular complexity index is 318. The van der Waals surface area contributed by atoms with E-state index < -0.39 is 0 Å². The number of hydrogen-bond donors (Lipinski definition) is 1. The Hall–Kier alpha value is -0.870. The Morgan fingerprint density at radius 2 is 2.56 bits per heavy atom. The van der Waals surface area contributed by atoms with Crippen molar-refractivity contribution in [1.29, 1.82) is 0 Å². The third-order valence-electron chi connectivity index (χ3n) is 3.29. The number of aryl methyl sites for hydroxylation is 1. The number of ether oxygens (including phenoxy) is 1. The fourth-order valence-electron chi connectivity index (χ4n) is 2.34. The van der Waals surface area contributed by atoms with Crippen molar-refractivity contribution < 1.29 is 4.74 Å². The Balaban J connectivity index is 1.84. The van der Waals surface area contributed by atoms with E-state index in [0.717, 1.165) is 25.6 Å². The molecule has 1 aliphatic heterocycles. The number of rotatable bonds is 5. The van der Waals surface area contributed by atoms with Gasteiger partial charge in [0.25, 0.3) is 0 Å². The lowest BCUT2D eigenvalue weighted by Crippen LogP contribution is -2.30. The number of aromatic nitrogens is 2. The molecule has 1 aromatic rings.